The van der Waals surface area contributed by atoms with E-state index in [1.807, 2.05) is 36.8 Å². The van der Waals surface area contributed by atoms with Crippen LogP contribution in [0.2, 0.25) is 0 Å². The summed E-state index contributed by atoms with van der Waals surface area (Å²) < 4.78 is 8.22. The molecule has 1 aromatic heterocycles. The molecule has 0 saturated heterocycles. The maximum atomic E-state index is 9.76. The van der Waals surface area contributed by atoms with Crippen LogP contribution in [-0.2, 0) is 0 Å². The molecule has 2 heterocycles. The Bertz CT molecular complexity index is 769. The van der Waals surface area contributed by atoms with E-state index >= 15 is 0 Å². The fraction of sp³-hybridized carbons (Fsp3) is 0.167. The van der Waals surface area contributed by atoms with Crippen LogP contribution in [0, 0.1) is 0 Å². The van der Waals surface area contributed by atoms with E-state index in [4.69, 9.17) is 4.74 Å². The summed E-state index contributed by atoms with van der Waals surface area (Å²) in [7, 11) is 0. The SMILES string of the molecule is Oc1ccc2c(c1)O[C@@H](c1ccccc1)C[C@@H]2n1ccnc1. The Labute approximate surface area is 128 Å². The highest BCUT2D eigenvalue weighted by molar-refractivity contribution is 5.44. The first kappa shape index (κ1) is 13.0. The molecule has 0 unspecified atom stereocenters. The van der Waals surface area contributed by atoms with Crippen LogP contribution in [0.4, 0.5) is 0 Å². The van der Waals surface area contributed by atoms with Crippen molar-refractivity contribution in [3.63, 3.8) is 0 Å². The van der Waals surface area contributed by atoms with Crippen LogP contribution in [0.1, 0.15) is 29.7 Å². The number of rotatable bonds is 2. The lowest BCUT2D eigenvalue weighted by Crippen LogP contribution is -2.23. The normalized spacial score (nSPS) is 20.2. The average molecular weight is 292 g/mol. The maximum Gasteiger partial charge on any atom is 0.129 e. The van der Waals surface area contributed by atoms with Crippen molar-refractivity contribution in [1.82, 2.24) is 9.55 Å². The molecule has 2 atom stereocenters. The number of imidazole rings is 1. The Kier molecular flexibility index (Phi) is 3.07. The lowest BCUT2D eigenvalue weighted by Gasteiger charge is -2.33. The summed E-state index contributed by atoms with van der Waals surface area (Å²) in [6.45, 7) is 0. The van der Waals surface area contributed by atoms with Crippen molar-refractivity contribution in [2.24, 2.45) is 0 Å². The molecule has 4 heteroatoms. The smallest absolute Gasteiger partial charge is 0.129 e. The Hall–Kier alpha value is -2.75. The summed E-state index contributed by atoms with van der Waals surface area (Å²) in [5, 5.41) is 9.76. The number of benzene rings is 2. The second-order valence-corrected chi connectivity index (χ2v) is 5.50. The lowest BCUT2D eigenvalue weighted by molar-refractivity contribution is 0.152. The number of phenolic OH excluding ortho intramolecular Hbond substituents is 1. The van der Waals surface area contributed by atoms with E-state index < -0.39 is 0 Å². The van der Waals surface area contributed by atoms with Crippen molar-refractivity contribution in [3.05, 3.63) is 78.4 Å². The predicted octanol–water partition coefficient (Wildman–Crippen LogP) is 3.70. The van der Waals surface area contributed by atoms with Crippen LogP contribution in [0.15, 0.2) is 67.3 Å². The first-order valence-corrected chi connectivity index (χ1v) is 7.33. The third-order valence-electron chi connectivity index (χ3n) is 4.12. The van der Waals surface area contributed by atoms with Gasteiger partial charge in [-0.2, -0.15) is 0 Å². The second-order valence-electron chi connectivity index (χ2n) is 5.50. The number of fused-ring (bicyclic) bond motifs is 1. The molecule has 4 nitrogen and oxygen atoms in total. The molecule has 4 rings (SSSR count). The Morgan fingerprint density at radius 3 is 2.77 bits per heavy atom. The number of ether oxygens (including phenoxy) is 1. The molecule has 0 bridgehead atoms. The minimum atomic E-state index is -0.0390. The minimum Gasteiger partial charge on any atom is -0.508 e. The van der Waals surface area contributed by atoms with Crippen molar-refractivity contribution < 1.29 is 9.84 Å². The fourth-order valence-electron chi connectivity index (χ4n) is 3.04. The number of nitrogens with zero attached hydrogens (tertiary/aromatic N) is 2. The van der Waals surface area contributed by atoms with Gasteiger partial charge in [-0.15, -0.1) is 0 Å². The van der Waals surface area contributed by atoms with Gasteiger partial charge in [-0.3, -0.25) is 0 Å². The van der Waals surface area contributed by atoms with Crippen LogP contribution < -0.4 is 4.74 Å². The number of hydrogen-bond donors (Lipinski definition) is 1. The standard InChI is InChI=1S/C18H16N2O2/c21-14-6-7-15-16(20-9-8-19-12-20)11-17(22-18(15)10-14)13-4-2-1-3-5-13/h1-10,12,16-17,21H,11H2/t16-,17+/m0/s1. The molecule has 22 heavy (non-hydrogen) atoms. The molecule has 1 N–H and O–H groups in total. The summed E-state index contributed by atoms with van der Waals surface area (Å²) in [6.07, 6.45) is 6.37. The Balaban J connectivity index is 1.79. The topological polar surface area (TPSA) is 47.3 Å². The van der Waals surface area contributed by atoms with Crippen LogP contribution in [0.3, 0.4) is 0 Å². The van der Waals surface area contributed by atoms with Gasteiger partial charge in [-0.05, 0) is 17.7 Å². The summed E-state index contributed by atoms with van der Waals surface area (Å²) in [6, 6.07) is 15.6. The predicted molar refractivity (Wildman–Crippen MR) is 82.9 cm³/mol. The van der Waals surface area contributed by atoms with Gasteiger partial charge in [0, 0.05) is 30.4 Å². The molecule has 3 aromatic rings. The molecular weight excluding hydrogens is 276 g/mol. The number of phenols is 1. The van der Waals surface area contributed by atoms with Gasteiger partial charge >= 0.3 is 0 Å². The zero-order valence-electron chi connectivity index (χ0n) is 12.0. The zero-order chi connectivity index (χ0) is 14.9. The van der Waals surface area contributed by atoms with Crippen LogP contribution >= 0.6 is 0 Å². The molecule has 1 aliphatic rings. The largest absolute Gasteiger partial charge is 0.508 e. The lowest BCUT2D eigenvalue weighted by atomic mass is 9.92. The van der Waals surface area contributed by atoms with Crippen LogP contribution in [0.25, 0.3) is 0 Å². The number of aromatic nitrogens is 2. The van der Waals surface area contributed by atoms with Crippen LogP contribution in [0.5, 0.6) is 11.5 Å². The molecule has 0 spiro atoms. The van der Waals surface area contributed by atoms with E-state index in [1.165, 1.54) is 0 Å². The van der Waals surface area contributed by atoms with E-state index in [1.54, 1.807) is 18.3 Å². The molecule has 2 aromatic carbocycles. The molecule has 0 radical (unpaired) electrons. The molecule has 0 saturated carbocycles. The van der Waals surface area contributed by atoms with Gasteiger partial charge in [-0.1, -0.05) is 30.3 Å². The Morgan fingerprint density at radius 1 is 1.14 bits per heavy atom. The fourth-order valence-corrected chi connectivity index (χ4v) is 3.04. The Morgan fingerprint density at radius 2 is 2.00 bits per heavy atom. The zero-order valence-corrected chi connectivity index (χ0v) is 12.0. The van der Waals surface area contributed by atoms with E-state index in [0.717, 1.165) is 23.3 Å². The van der Waals surface area contributed by atoms with E-state index in [-0.39, 0.29) is 17.9 Å². The molecule has 0 aliphatic carbocycles. The highest BCUT2D eigenvalue weighted by Crippen LogP contribution is 2.43. The monoisotopic (exact) mass is 292 g/mol. The van der Waals surface area contributed by atoms with Gasteiger partial charge < -0.3 is 14.4 Å². The van der Waals surface area contributed by atoms with Crippen LogP contribution in [-0.4, -0.2) is 14.7 Å². The van der Waals surface area contributed by atoms with Crippen molar-refractivity contribution in [1.29, 1.82) is 0 Å². The maximum absolute atomic E-state index is 9.76. The van der Waals surface area contributed by atoms with Crippen molar-refractivity contribution >= 4 is 0 Å². The number of hydrogen-bond acceptors (Lipinski definition) is 3. The molecule has 1 aliphatic heterocycles. The van der Waals surface area contributed by atoms with Crippen molar-refractivity contribution in [2.75, 3.05) is 0 Å². The molecule has 110 valence electrons. The molecule has 0 fully saturated rings. The third-order valence-corrected chi connectivity index (χ3v) is 4.12. The summed E-state index contributed by atoms with van der Waals surface area (Å²) in [5.41, 5.74) is 2.21. The second kappa shape index (κ2) is 5.22. The average Bonchev–Trinajstić information content (AvgIpc) is 3.08. The van der Waals surface area contributed by atoms with Gasteiger partial charge in [0.05, 0.1) is 12.4 Å². The molecule has 0 amide bonds. The minimum absolute atomic E-state index is 0.0390. The third kappa shape index (κ3) is 2.22. The quantitative estimate of drug-likeness (QED) is 0.783. The highest BCUT2D eigenvalue weighted by Gasteiger charge is 2.30. The first-order valence-electron chi connectivity index (χ1n) is 7.33. The van der Waals surface area contributed by atoms with Gasteiger partial charge in [0.15, 0.2) is 0 Å². The summed E-state index contributed by atoms with van der Waals surface area (Å²) >= 11 is 0. The first-order chi connectivity index (χ1) is 10.8. The van der Waals surface area contributed by atoms with E-state index in [9.17, 15) is 5.11 Å². The van der Waals surface area contributed by atoms with Gasteiger partial charge in [0.25, 0.3) is 0 Å². The van der Waals surface area contributed by atoms with E-state index in [0.29, 0.717) is 0 Å². The van der Waals surface area contributed by atoms with Gasteiger partial charge in [-0.25, -0.2) is 4.98 Å². The number of aromatic hydroxyl groups is 1. The van der Waals surface area contributed by atoms with Gasteiger partial charge in [0.2, 0.25) is 0 Å². The van der Waals surface area contributed by atoms with E-state index in [2.05, 4.69) is 21.7 Å². The highest BCUT2D eigenvalue weighted by atomic mass is 16.5. The summed E-state index contributed by atoms with van der Waals surface area (Å²) in [5.74, 6) is 0.954. The van der Waals surface area contributed by atoms with Crippen molar-refractivity contribution in [3.8, 4) is 11.5 Å². The van der Waals surface area contributed by atoms with Gasteiger partial charge in [0.1, 0.15) is 17.6 Å². The molecular formula is C18H16N2O2. The summed E-state index contributed by atoms with van der Waals surface area (Å²) in [4.78, 5) is 4.16. The van der Waals surface area contributed by atoms with Crippen molar-refractivity contribution in [2.45, 2.75) is 18.6 Å².